The van der Waals surface area contributed by atoms with Crippen molar-refractivity contribution >= 4 is 17.4 Å². The minimum Gasteiger partial charge on any atom is -0.507 e. The van der Waals surface area contributed by atoms with E-state index < -0.39 is 17.7 Å². The number of aryl methyl sites for hydroxylation is 1. The van der Waals surface area contributed by atoms with Crippen molar-refractivity contribution in [3.63, 3.8) is 0 Å². The number of amides is 1. The number of aliphatic hydroxyl groups excluding tert-OH is 1. The van der Waals surface area contributed by atoms with Crippen molar-refractivity contribution in [1.82, 2.24) is 9.80 Å². The Balaban J connectivity index is 1.99. The molecule has 0 unspecified atom stereocenters. The van der Waals surface area contributed by atoms with Gasteiger partial charge in [-0.2, -0.15) is 0 Å². The molecular weight excluding hydrogens is 416 g/mol. The quantitative estimate of drug-likeness (QED) is 0.348. The van der Waals surface area contributed by atoms with E-state index in [0.717, 1.165) is 24.1 Å². The summed E-state index contributed by atoms with van der Waals surface area (Å²) in [7, 11) is 3.94. The Morgan fingerprint density at radius 2 is 1.70 bits per heavy atom. The number of ether oxygens (including phenoxy) is 1. The van der Waals surface area contributed by atoms with Gasteiger partial charge in [0.05, 0.1) is 18.2 Å². The Hall–Kier alpha value is -3.12. The van der Waals surface area contributed by atoms with Crippen molar-refractivity contribution in [2.45, 2.75) is 33.2 Å². The zero-order chi connectivity index (χ0) is 24.1. The molecule has 1 aliphatic heterocycles. The summed E-state index contributed by atoms with van der Waals surface area (Å²) in [5.41, 5.74) is 2.50. The van der Waals surface area contributed by atoms with Gasteiger partial charge in [-0.1, -0.05) is 43.7 Å². The van der Waals surface area contributed by atoms with Crippen LogP contribution in [-0.2, 0) is 9.59 Å². The highest BCUT2D eigenvalue weighted by Crippen LogP contribution is 2.39. The second-order valence-corrected chi connectivity index (χ2v) is 9.29. The maximum Gasteiger partial charge on any atom is 0.295 e. The average molecular weight is 451 g/mol. The summed E-state index contributed by atoms with van der Waals surface area (Å²) in [5, 5.41) is 11.2. The van der Waals surface area contributed by atoms with Crippen LogP contribution in [0.2, 0.25) is 0 Å². The summed E-state index contributed by atoms with van der Waals surface area (Å²) < 4.78 is 5.72. The van der Waals surface area contributed by atoms with Crippen LogP contribution in [0.4, 0.5) is 0 Å². The topological polar surface area (TPSA) is 70.1 Å². The lowest BCUT2D eigenvalue weighted by Crippen LogP contribution is -2.32. The molecule has 176 valence electrons. The molecule has 0 radical (unpaired) electrons. The summed E-state index contributed by atoms with van der Waals surface area (Å²) in [4.78, 5) is 29.7. The third-order valence-electron chi connectivity index (χ3n) is 5.65. The van der Waals surface area contributed by atoms with Crippen LogP contribution in [0.15, 0.2) is 54.1 Å². The fourth-order valence-corrected chi connectivity index (χ4v) is 3.89. The third kappa shape index (κ3) is 5.82. The molecule has 1 amide bonds. The van der Waals surface area contributed by atoms with Crippen molar-refractivity contribution < 1.29 is 19.4 Å². The molecule has 1 N–H and O–H groups in total. The largest absolute Gasteiger partial charge is 0.507 e. The van der Waals surface area contributed by atoms with Crippen molar-refractivity contribution in [2.24, 2.45) is 5.92 Å². The molecule has 0 aromatic heterocycles. The van der Waals surface area contributed by atoms with Crippen LogP contribution in [0.25, 0.3) is 5.76 Å². The first-order valence-corrected chi connectivity index (χ1v) is 11.4. The lowest BCUT2D eigenvalue weighted by molar-refractivity contribution is -0.139. The lowest BCUT2D eigenvalue weighted by atomic mass is 9.94. The number of likely N-dealkylation sites (tertiary alicyclic amines) is 1. The Labute approximate surface area is 196 Å². The zero-order valence-electron chi connectivity index (χ0n) is 20.2. The third-order valence-corrected chi connectivity index (χ3v) is 5.65. The fourth-order valence-electron chi connectivity index (χ4n) is 3.89. The second-order valence-electron chi connectivity index (χ2n) is 9.29. The maximum absolute atomic E-state index is 13.1. The predicted octanol–water partition coefficient (Wildman–Crippen LogP) is 4.40. The Morgan fingerprint density at radius 1 is 1.06 bits per heavy atom. The van der Waals surface area contributed by atoms with E-state index >= 15 is 0 Å². The van der Waals surface area contributed by atoms with Gasteiger partial charge in [0, 0.05) is 12.1 Å². The number of hydrogen-bond acceptors (Lipinski definition) is 5. The first kappa shape index (κ1) is 24.5. The van der Waals surface area contributed by atoms with Gasteiger partial charge in [0.1, 0.15) is 11.5 Å². The van der Waals surface area contributed by atoms with Crippen LogP contribution >= 0.6 is 0 Å². The standard InChI is InChI=1S/C27H34N2O4/c1-18(2)17-33-22-13-11-21(12-14-22)25(30)23-24(20-9-7-19(3)8-10-20)29(27(32)26(23)31)16-6-15-28(4)5/h7-14,18,24,30H,6,15-17H2,1-5H3/t24-/m1/s1. The van der Waals surface area contributed by atoms with Gasteiger partial charge in [0.15, 0.2) is 0 Å². The highest BCUT2D eigenvalue weighted by atomic mass is 16.5. The number of ketones is 1. The Bertz CT molecular complexity index is 1010. The molecular formula is C27H34N2O4. The summed E-state index contributed by atoms with van der Waals surface area (Å²) >= 11 is 0. The molecule has 1 saturated heterocycles. The Kier molecular flexibility index (Phi) is 7.92. The van der Waals surface area contributed by atoms with Crippen molar-refractivity contribution in [3.8, 4) is 5.75 Å². The van der Waals surface area contributed by atoms with Crippen LogP contribution in [0.1, 0.15) is 43.0 Å². The molecule has 1 aliphatic rings. The van der Waals surface area contributed by atoms with E-state index in [1.807, 2.05) is 50.2 Å². The van der Waals surface area contributed by atoms with Crippen molar-refractivity contribution in [2.75, 3.05) is 33.8 Å². The minimum atomic E-state index is -0.650. The number of rotatable bonds is 9. The smallest absolute Gasteiger partial charge is 0.295 e. The molecule has 3 rings (SSSR count). The number of hydrogen-bond donors (Lipinski definition) is 1. The fraction of sp³-hybridized carbons (Fsp3) is 0.407. The molecule has 2 aromatic rings. The van der Waals surface area contributed by atoms with Gasteiger partial charge < -0.3 is 19.6 Å². The van der Waals surface area contributed by atoms with Crippen LogP contribution < -0.4 is 4.74 Å². The van der Waals surface area contributed by atoms with Crippen molar-refractivity contribution in [3.05, 3.63) is 70.8 Å². The molecule has 0 spiro atoms. The maximum atomic E-state index is 13.1. The molecule has 0 bridgehead atoms. The normalized spacial score (nSPS) is 17.9. The summed E-state index contributed by atoms with van der Waals surface area (Å²) in [6.45, 7) is 7.95. The summed E-state index contributed by atoms with van der Waals surface area (Å²) in [6, 6.07) is 14.1. The monoisotopic (exact) mass is 450 g/mol. The van der Waals surface area contributed by atoms with E-state index in [4.69, 9.17) is 4.74 Å². The van der Waals surface area contributed by atoms with E-state index in [9.17, 15) is 14.7 Å². The number of aliphatic hydroxyl groups is 1. The first-order valence-electron chi connectivity index (χ1n) is 11.4. The molecule has 33 heavy (non-hydrogen) atoms. The Morgan fingerprint density at radius 3 is 2.27 bits per heavy atom. The molecule has 0 saturated carbocycles. The zero-order valence-corrected chi connectivity index (χ0v) is 20.2. The van der Waals surface area contributed by atoms with Gasteiger partial charge in [0.25, 0.3) is 11.7 Å². The summed E-state index contributed by atoms with van der Waals surface area (Å²) in [5.74, 6) is -0.291. The number of benzene rings is 2. The van der Waals surface area contributed by atoms with Gasteiger partial charge in [0.2, 0.25) is 0 Å². The van der Waals surface area contributed by atoms with Crippen LogP contribution in [0, 0.1) is 12.8 Å². The SMILES string of the molecule is Cc1ccc([C@@H]2C(=C(O)c3ccc(OCC(C)C)cc3)C(=O)C(=O)N2CCCN(C)C)cc1. The number of carbonyl (C=O) groups is 2. The van der Waals surface area contributed by atoms with Gasteiger partial charge in [-0.05, 0) is 69.7 Å². The van der Waals surface area contributed by atoms with Gasteiger partial charge in [-0.25, -0.2) is 0 Å². The van der Waals surface area contributed by atoms with E-state index in [2.05, 4.69) is 13.8 Å². The molecule has 6 heteroatoms. The number of nitrogens with zero attached hydrogens (tertiary/aromatic N) is 2. The minimum absolute atomic E-state index is 0.129. The van der Waals surface area contributed by atoms with E-state index in [1.165, 1.54) is 0 Å². The molecule has 1 heterocycles. The average Bonchev–Trinajstić information content (AvgIpc) is 3.03. The van der Waals surface area contributed by atoms with E-state index in [0.29, 0.717) is 30.4 Å². The van der Waals surface area contributed by atoms with Crippen LogP contribution in [0.3, 0.4) is 0 Å². The van der Waals surface area contributed by atoms with Gasteiger partial charge in [-0.3, -0.25) is 9.59 Å². The predicted molar refractivity (Wildman–Crippen MR) is 130 cm³/mol. The molecule has 2 aromatic carbocycles. The molecule has 0 aliphatic carbocycles. The molecule has 6 nitrogen and oxygen atoms in total. The molecule has 1 atom stereocenters. The van der Waals surface area contributed by atoms with Gasteiger partial charge in [-0.15, -0.1) is 0 Å². The van der Waals surface area contributed by atoms with Crippen LogP contribution in [0.5, 0.6) is 5.75 Å². The highest BCUT2D eigenvalue weighted by Gasteiger charge is 2.45. The van der Waals surface area contributed by atoms with Crippen molar-refractivity contribution in [1.29, 1.82) is 0 Å². The van der Waals surface area contributed by atoms with Crippen LogP contribution in [-0.4, -0.2) is 60.4 Å². The molecule has 1 fully saturated rings. The second kappa shape index (κ2) is 10.7. The van der Waals surface area contributed by atoms with E-state index in [1.54, 1.807) is 29.2 Å². The highest BCUT2D eigenvalue weighted by molar-refractivity contribution is 6.46. The number of Topliss-reactive ketones (excluding diaryl/α,β-unsaturated/α-hetero) is 1. The van der Waals surface area contributed by atoms with Gasteiger partial charge >= 0.3 is 0 Å². The lowest BCUT2D eigenvalue weighted by Gasteiger charge is -2.26. The summed E-state index contributed by atoms with van der Waals surface area (Å²) in [6.07, 6.45) is 0.726. The first-order chi connectivity index (χ1) is 15.7. The van der Waals surface area contributed by atoms with E-state index in [-0.39, 0.29) is 11.3 Å². The number of carbonyl (C=O) groups excluding carboxylic acids is 2.